The zero-order chi connectivity index (χ0) is 21.4. The van der Waals surface area contributed by atoms with Crippen LogP contribution < -0.4 is 16.4 Å². The molecular formula is C22H20ClN5O2. The lowest BCUT2D eigenvalue weighted by Gasteiger charge is -2.16. The summed E-state index contributed by atoms with van der Waals surface area (Å²) in [6.45, 7) is 4.45. The number of aromatic nitrogens is 3. The molecule has 2 N–H and O–H groups in total. The third kappa shape index (κ3) is 3.48. The van der Waals surface area contributed by atoms with Crippen molar-refractivity contribution in [2.75, 3.05) is 5.32 Å². The average molecular weight is 422 g/mol. The fourth-order valence-corrected chi connectivity index (χ4v) is 3.54. The van der Waals surface area contributed by atoms with Crippen molar-refractivity contribution in [3.63, 3.8) is 0 Å². The topological polar surface area (TPSA) is 92.2 Å². The summed E-state index contributed by atoms with van der Waals surface area (Å²) in [7, 11) is 0. The first-order valence-corrected chi connectivity index (χ1v) is 9.90. The number of hydrogen-bond acceptors (Lipinski definition) is 4. The van der Waals surface area contributed by atoms with Gasteiger partial charge in [0.25, 0.3) is 11.5 Å². The van der Waals surface area contributed by atoms with Crippen LogP contribution in [0.2, 0.25) is 5.02 Å². The standard InChI is InChI=1S/C22H20ClN5O2/c1-13(2)12-28-19(24)14(21(29)25-17-8-4-3-7-16(17)23)11-15-20(28)26-18-9-5-6-10-27(18)22(15)30/h3-11,13,24H,12H2,1-2H3,(H,25,29). The van der Waals surface area contributed by atoms with Crippen LogP contribution in [-0.2, 0) is 6.54 Å². The van der Waals surface area contributed by atoms with Crippen LogP contribution in [0.1, 0.15) is 24.2 Å². The van der Waals surface area contributed by atoms with E-state index < -0.39 is 5.91 Å². The van der Waals surface area contributed by atoms with Gasteiger partial charge in [-0.1, -0.05) is 43.6 Å². The number of nitrogens with one attached hydrogen (secondary N) is 2. The highest BCUT2D eigenvalue weighted by molar-refractivity contribution is 6.33. The second kappa shape index (κ2) is 7.76. The summed E-state index contributed by atoms with van der Waals surface area (Å²) in [6.07, 6.45) is 1.63. The van der Waals surface area contributed by atoms with E-state index in [1.54, 1.807) is 53.2 Å². The summed E-state index contributed by atoms with van der Waals surface area (Å²) in [6, 6.07) is 13.6. The van der Waals surface area contributed by atoms with Crippen LogP contribution in [0, 0.1) is 11.3 Å². The second-order valence-corrected chi connectivity index (χ2v) is 7.84. The Kier molecular flexibility index (Phi) is 5.13. The van der Waals surface area contributed by atoms with Crippen LogP contribution in [0.3, 0.4) is 0 Å². The molecule has 0 bridgehead atoms. The Morgan fingerprint density at radius 2 is 1.93 bits per heavy atom. The van der Waals surface area contributed by atoms with E-state index in [1.807, 2.05) is 13.8 Å². The Hall–Kier alpha value is -3.45. The zero-order valence-electron chi connectivity index (χ0n) is 16.5. The molecule has 7 nitrogen and oxygen atoms in total. The van der Waals surface area contributed by atoms with Gasteiger partial charge >= 0.3 is 0 Å². The number of para-hydroxylation sites is 1. The number of benzene rings is 1. The Morgan fingerprint density at radius 1 is 1.20 bits per heavy atom. The average Bonchev–Trinajstić information content (AvgIpc) is 2.72. The van der Waals surface area contributed by atoms with Gasteiger partial charge in [0.1, 0.15) is 16.8 Å². The van der Waals surface area contributed by atoms with Crippen molar-refractivity contribution < 1.29 is 4.79 Å². The highest BCUT2D eigenvalue weighted by Gasteiger charge is 2.18. The maximum Gasteiger partial charge on any atom is 0.267 e. The molecule has 30 heavy (non-hydrogen) atoms. The predicted octanol–water partition coefficient (Wildman–Crippen LogP) is 3.69. The number of anilines is 1. The molecule has 0 aliphatic rings. The van der Waals surface area contributed by atoms with Crippen LogP contribution in [0.4, 0.5) is 5.69 Å². The van der Waals surface area contributed by atoms with Gasteiger partial charge in [0.2, 0.25) is 0 Å². The molecule has 3 aromatic heterocycles. The predicted molar refractivity (Wildman–Crippen MR) is 117 cm³/mol. The fraction of sp³-hybridized carbons (Fsp3) is 0.182. The monoisotopic (exact) mass is 421 g/mol. The maximum atomic E-state index is 13.1. The third-order valence-electron chi connectivity index (χ3n) is 4.73. The molecule has 152 valence electrons. The molecule has 0 aliphatic carbocycles. The largest absolute Gasteiger partial charge is 0.321 e. The van der Waals surface area contributed by atoms with Gasteiger partial charge < -0.3 is 9.88 Å². The normalized spacial score (nSPS) is 11.3. The lowest BCUT2D eigenvalue weighted by Crippen LogP contribution is -2.33. The van der Waals surface area contributed by atoms with Crippen molar-refractivity contribution in [1.82, 2.24) is 14.0 Å². The number of carbonyl (C=O) groups is 1. The first-order chi connectivity index (χ1) is 14.4. The van der Waals surface area contributed by atoms with Gasteiger partial charge in [0, 0.05) is 12.7 Å². The molecular weight excluding hydrogens is 402 g/mol. The molecule has 0 unspecified atom stereocenters. The van der Waals surface area contributed by atoms with Gasteiger partial charge in [0.15, 0.2) is 0 Å². The Labute approximate surface area is 177 Å². The van der Waals surface area contributed by atoms with Crippen molar-refractivity contribution in [3.05, 3.63) is 81.2 Å². The maximum absolute atomic E-state index is 13.1. The van der Waals surface area contributed by atoms with Gasteiger partial charge in [-0.05, 0) is 36.2 Å². The molecule has 0 radical (unpaired) electrons. The van der Waals surface area contributed by atoms with E-state index in [2.05, 4.69) is 10.3 Å². The van der Waals surface area contributed by atoms with E-state index >= 15 is 0 Å². The van der Waals surface area contributed by atoms with Gasteiger partial charge in [-0.3, -0.25) is 19.4 Å². The molecule has 0 saturated carbocycles. The van der Waals surface area contributed by atoms with Gasteiger partial charge in [-0.25, -0.2) is 4.98 Å². The molecule has 0 spiro atoms. The first kappa shape index (κ1) is 19.8. The third-order valence-corrected chi connectivity index (χ3v) is 5.06. The van der Waals surface area contributed by atoms with Crippen molar-refractivity contribution >= 4 is 39.9 Å². The minimum absolute atomic E-state index is 0.00654. The highest BCUT2D eigenvalue weighted by atomic mass is 35.5. The summed E-state index contributed by atoms with van der Waals surface area (Å²) >= 11 is 6.15. The molecule has 4 rings (SSSR count). The molecule has 1 amide bonds. The smallest absolute Gasteiger partial charge is 0.267 e. The van der Waals surface area contributed by atoms with Crippen molar-refractivity contribution in [2.24, 2.45) is 5.92 Å². The number of fused-ring (bicyclic) bond motifs is 2. The summed E-state index contributed by atoms with van der Waals surface area (Å²) in [5, 5.41) is 12.1. The van der Waals surface area contributed by atoms with Crippen LogP contribution in [0.25, 0.3) is 16.7 Å². The van der Waals surface area contributed by atoms with E-state index in [9.17, 15) is 9.59 Å². The van der Waals surface area contributed by atoms with E-state index in [1.165, 1.54) is 10.5 Å². The summed E-state index contributed by atoms with van der Waals surface area (Å²) in [5.41, 5.74) is 1.09. The minimum atomic E-state index is -0.509. The quantitative estimate of drug-likeness (QED) is 0.492. The number of hydrogen-bond donors (Lipinski definition) is 2. The van der Waals surface area contributed by atoms with E-state index in [4.69, 9.17) is 17.0 Å². The Balaban J connectivity index is 1.97. The summed E-state index contributed by atoms with van der Waals surface area (Å²) in [4.78, 5) is 30.7. The Bertz CT molecular complexity index is 1400. The number of amides is 1. The van der Waals surface area contributed by atoms with Crippen LogP contribution in [0.5, 0.6) is 0 Å². The van der Waals surface area contributed by atoms with Crippen molar-refractivity contribution in [2.45, 2.75) is 20.4 Å². The minimum Gasteiger partial charge on any atom is -0.321 e. The molecule has 1 aromatic carbocycles. The van der Waals surface area contributed by atoms with E-state index in [0.29, 0.717) is 28.5 Å². The number of halogens is 1. The number of pyridine rings is 2. The van der Waals surface area contributed by atoms with Crippen LogP contribution in [0.15, 0.2) is 59.5 Å². The molecule has 4 aromatic rings. The molecule has 0 saturated heterocycles. The van der Waals surface area contributed by atoms with Crippen LogP contribution >= 0.6 is 11.6 Å². The van der Waals surface area contributed by atoms with Crippen LogP contribution in [-0.4, -0.2) is 19.9 Å². The lowest BCUT2D eigenvalue weighted by atomic mass is 10.1. The molecule has 8 heteroatoms. The number of nitrogens with zero attached hydrogens (tertiary/aromatic N) is 3. The highest BCUT2D eigenvalue weighted by Crippen LogP contribution is 2.21. The summed E-state index contributed by atoms with van der Waals surface area (Å²) < 4.78 is 3.05. The van der Waals surface area contributed by atoms with Crippen molar-refractivity contribution in [3.8, 4) is 0 Å². The van der Waals surface area contributed by atoms with E-state index in [0.717, 1.165) is 0 Å². The molecule has 0 fully saturated rings. The number of rotatable bonds is 4. The second-order valence-electron chi connectivity index (χ2n) is 7.43. The molecule has 3 heterocycles. The summed E-state index contributed by atoms with van der Waals surface area (Å²) in [5.74, 6) is -0.328. The van der Waals surface area contributed by atoms with Gasteiger partial charge in [-0.2, -0.15) is 0 Å². The first-order valence-electron chi connectivity index (χ1n) is 9.52. The van der Waals surface area contributed by atoms with Gasteiger partial charge in [0.05, 0.1) is 21.7 Å². The Morgan fingerprint density at radius 3 is 2.67 bits per heavy atom. The van der Waals surface area contributed by atoms with Gasteiger partial charge in [-0.15, -0.1) is 0 Å². The SMILES string of the molecule is CC(C)Cn1c(=N)c(C(=O)Nc2ccccc2Cl)cc2c(=O)n3ccccc3nc21. The van der Waals surface area contributed by atoms with Crippen molar-refractivity contribution in [1.29, 1.82) is 5.41 Å². The fourth-order valence-electron chi connectivity index (χ4n) is 3.36. The zero-order valence-corrected chi connectivity index (χ0v) is 17.3. The number of carbonyl (C=O) groups excluding carboxylic acids is 1. The lowest BCUT2D eigenvalue weighted by molar-refractivity contribution is 0.102. The van der Waals surface area contributed by atoms with E-state index in [-0.39, 0.29) is 27.9 Å². The molecule has 0 aliphatic heterocycles. The molecule has 0 atom stereocenters.